The summed E-state index contributed by atoms with van der Waals surface area (Å²) in [5.74, 6) is -4.05. The molecule has 0 aliphatic carbocycles. The molecule has 24 heavy (non-hydrogen) atoms. The molecule has 0 spiro atoms. The van der Waals surface area contributed by atoms with Crippen molar-refractivity contribution < 1.29 is 37.7 Å². The molecule has 1 aliphatic heterocycles. The number of alkyl halides is 3. The van der Waals surface area contributed by atoms with Crippen LogP contribution in [0, 0.1) is 0 Å². The number of aliphatic carboxylic acids is 1. The lowest BCUT2D eigenvalue weighted by atomic mass is 10.1. The van der Waals surface area contributed by atoms with Crippen molar-refractivity contribution in [1.29, 1.82) is 0 Å². The number of carboxylic acids is 1. The topological polar surface area (TPSA) is 87.1 Å². The standard InChI is InChI=1S/C14H14F3NO5S/c1-2-23-10-5-7(3-4-9(10)19)11-18(13(22)14(15,16)17)8(6-24-11)12(20)21/h3-5,8,11,19H,2,6H2,1H3,(H,20,21). The Bertz CT molecular complexity index is 652. The number of thioether (sulfide) groups is 1. The van der Waals surface area contributed by atoms with E-state index in [9.17, 15) is 27.9 Å². The second-order valence-corrected chi connectivity index (χ2v) is 6.02. The first-order valence-corrected chi connectivity index (χ1v) is 7.91. The van der Waals surface area contributed by atoms with Crippen LogP contribution in [0.3, 0.4) is 0 Å². The molecule has 0 radical (unpaired) electrons. The van der Waals surface area contributed by atoms with Gasteiger partial charge in [-0.15, -0.1) is 11.8 Å². The van der Waals surface area contributed by atoms with Gasteiger partial charge in [-0.25, -0.2) is 4.79 Å². The number of benzene rings is 1. The van der Waals surface area contributed by atoms with Crippen LogP contribution in [0.25, 0.3) is 0 Å². The van der Waals surface area contributed by atoms with Crippen molar-refractivity contribution in [2.24, 2.45) is 0 Å². The molecule has 1 aliphatic rings. The molecule has 6 nitrogen and oxygen atoms in total. The van der Waals surface area contributed by atoms with Crippen LogP contribution in [0.15, 0.2) is 18.2 Å². The zero-order chi connectivity index (χ0) is 18.1. The largest absolute Gasteiger partial charge is 0.504 e. The van der Waals surface area contributed by atoms with Crippen LogP contribution >= 0.6 is 11.8 Å². The van der Waals surface area contributed by atoms with Crippen molar-refractivity contribution in [3.05, 3.63) is 23.8 Å². The highest BCUT2D eigenvalue weighted by atomic mass is 32.2. The molecule has 2 N–H and O–H groups in total. The second kappa shape index (κ2) is 6.80. The minimum Gasteiger partial charge on any atom is -0.504 e. The molecular formula is C14H14F3NO5S. The highest BCUT2D eigenvalue weighted by molar-refractivity contribution is 7.99. The van der Waals surface area contributed by atoms with Gasteiger partial charge in [0.05, 0.1) is 6.61 Å². The normalized spacial score (nSPS) is 20.9. The SMILES string of the molecule is CCOc1cc(C2SCC(C(=O)O)N2C(=O)C(F)(F)F)ccc1O. The smallest absolute Gasteiger partial charge is 0.471 e. The summed E-state index contributed by atoms with van der Waals surface area (Å²) in [6, 6.07) is 2.28. The van der Waals surface area contributed by atoms with Crippen molar-refractivity contribution in [2.75, 3.05) is 12.4 Å². The number of ether oxygens (including phenoxy) is 1. The quantitative estimate of drug-likeness (QED) is 0.852. The highest BCUT2D eigenvalue weighted by Gasteiger charge is 2.52. The monoisotopic (exact) mass is 365 g/mol. The zero-order valence-electron chi connectivity index (χ0n) is 12.4. The Kier molecular flexibility index (Phi) is 5.16. The molecule has 10 heteroatoms. The van der Waals surface area contributed by atoms with E-state index in [0.29, 0.717) is 4.90 Å². The maximum atomic E-state index is 12.8. The minimum atomic E-state index is -5.18. The summed E-state index contributed by atoms with van der Waals surface area (Å²) in [4.78, 5) is 23.2. The van der Waals surface area contributed by atoms with Crippen LogP contribution < -0.4 is 4.74 Å². The molecule has 132 valence electrons. The Hall–Kier alpha value is -2.10. The molecular weight excluding hydrogens is 351 g/mol. The predicted octanol–water partition coefficient (Wildman–Crippen LogP) is 2.38. The van der Waals surface area contributed by atoms with E-state index in [-0.39, 0.29) is 29.4 Å². The Morgan fingerprint density at radius 2 is 2.08 bits per heavy atom. The molecule has 0 bridgehead atoms. The molecule has 1 heterocycles. The third kappa shape index (κ3) is 3.53. The van der Waals surface area contributed by atoms with Gasteiger partial charge in [0, 0.05) is 5.75 Å². The van der Waals surface area contributed by atoms with E-state index in [1.54, 1.807) is 6.92 Å². The lowest BCUT2D eigenvalue weighted by Gasteiger charge is -2.28. The maximum absolute atomic E-state index is 12.8. The van der Waals surface area contributed by atoms with Crippen LogP contribution in [-0.4, -0.2) is 51.6 Å². The first-order chi connectivity index (χ1) is 11.2. The Labute approximate surface area is 139 Å². The van der Waals surface area contributed by atoms with Crippen LogP contribution in [0.2, 0.25) is 0 Å². The average molecular weight is 365 g/mol. The Morgan fingerprint density at radius 3 is 2.62 bits per heavy atom. The number of carbonyl (C=O) groups excluding carboxylic acids is 1. The molecule has 2 unspecified atom stereocenters. The van der Waals surface area contributed by atoms with Gasteiger partial charge in [0.2, 0.25) is 0 Å². The number of amides is 1. The van der Waals surface area contributed by atoms with Gasteiger partial charge in [0.1, 0.15) is 11.4 Å². The third-order valence-electron chi connectivity index (χ3n) is 3.33. The minimum absolute atomic E-state index is 0.0498. The zero-order valence-corrected chi connectivity index (χ0v) is 13.2. The maximum Gasteiger partial charge on any atom is 0.471 e. The fourth-order valence-electron chi connectivity index (χ4n) is 2.30. The van der Waals surface area contributed by atoms with Gasteiger partial charge >= 0.3 is 18.1 Å². The molecule has 1 aromatic rings. The van der Waals surface area contributed by atoms with E-state index in [1.807, 2.05) is 0 Å². The number of phenols is 1. The highest BCUT2D eigenvalue weighted by Crippen LogP contribution is 2.45. The summed E-state index contributed by atoms with van der Waals surface area (Å²) in [6.45, 7) is 1.88. The van der Waals surface area contributed by atoms with Crippen LogP contribution in [0.4, 0.5) is 13.2 Å². The molecule has 2 atom stereocenters. The number of halogens is 3. The van der Waals surface area contributed by atoms with E-state index in [1.165, 1.54) is 18.2 Å². The van der Waals surface area contributed by atoms with Crippen LogP contribution in [-0.2, 0) is 9.59 Å². The van der Waals surface area contributed by atoms with Crippen LogP contribution in [0.5, 0.6) is 11.5 Å². The lowest BCUT2D eigenvalue weighted by Crippen LogP contribution is -2.48. The van der Waals surface area contributed by atoms with E-state index in [2.05, 4.69) is 0 Å². The number of hydrogen-bond donors (Lipinski definition) is 2. The number of nitrogens with zero attached hydrogens (tertiary/aromatic N) is 1. The van der Waals surface area contributed by atoms with Crippen molar-refractivity contribution in [3.63, 3.8) is 0 Å². The van der Waals surface area contributed by atoms with E-state index in [0.717, 1.165) is 11.8 Å². The van der Waals surface area contributed by atoms with Crippen LogP contribution in [0.1, 0.15) is 17.9 Å². The number of aromatic hydroxyl groups is 1. The fraction of sp³-hybridized carbons (Fsp3) is 0.429. The molecule has 1 saturated heterocycles. The second-order valence-electron chi connectivity index (χ2n) is 4.91. The summed E-state index contributed by atoms with van der Waals surface area (Å²) < 4.78 is 43.7. The van der Waals surface area contributed by atoms with Gasteiger partial charge in [-0.1, -0.05) is 6.07 Å². The molecule has 0 aromatic heterocycles. The number of phenolic OH excluding ortho intramolecular Hbond substituents is 1. The van der Waals surface area contributed by atoms with Crippen molar-refractivity contribution in [2.45, 2.75) is 24.5 Å². The fourth-order valence-corrected chi connectivity index (χ4v) is 3.71. The Balaban J connectivity index is 2.42. The molecule has 2 rings (SSSR count). The number of carbonyl (C=O) groups is 2. The van der Waals surface area contributed by atoms with Gasteiger partial charge in [-0.3, -0.25) is 4.79 Å². The molecule has 1 amide bonds. The Morgan fingerprint density at radius 1 is 1.42 bits per heavy atom. The van der Waals surface area contributed by atoms with E-state index >= 15 is 0 Å². The molecule has 0 saturated carbocycles. The number of carboxylic acid groups (broad SMARTS) is 1. The van der Waals surface area contributed by atoms with Crippen molar-refractivity contribution in [3.8, 4) is 11.5 Å². The molecule has 1 aromatic carbocycles. The number of rotatable bonds is 4. The third-order valence-corrected chi connectivity index (χ3v) is 4.65. The summed E-state index contributed by atoms with van der Waals surface area (Å²) >= 11 is 0.904. The van der Waals surface area contributed by atoms with E-state index in [4.69, 9.17) is 9.84 Å². The van der Waals surface area contributed by atoms with Gasteiger partial charge in [0.15, 0.2) is 11.5 Å². The summed E-state index contributed by atoms with van der Waals surface area (Å²) in [6.07, 6.45) is -5.18. The van der Waals surface area contributed by atoms with Crippen molar-refractivity contribution >= 4 is 23.6 Å². The summed E-state index contributed by atoms with van der Waals surface area (Å²) in [5.41, 5.74) is 0.239. The lowest BCUT2D eigenvalue weighted by molar-refractivity contribution is -0.189. The van der Waals surface area contributed by atoms with Gasteiger partial charge < -0.3 is 19.8 Å². The molecule has 1 fully saturated rings. The first-order valence-electron chi connectivity index (χ1n) is 6.86. The average Bonchev–Trinajstić information content (AvgIpc) is 2.92. The van der Waals surface area contributed by atoms with Gasteiger partial charge in [-0.05, 0) is 24.6 Å². The van der Waals surface area contributed by atoms with E-state index < -0.39 is 29.5 Å². The number of hydrogen-bond acceptors (Lipinski definition) is 5. The van der Waals surface area contributed by atoms with Gasteiger partial charge in [-0.2, -0.15) is 13.2 Å². The van der Waals surface area contributed by atoms with Gasteiger partial charge in [0.25, 0.3) is 0 Å². The summed E-state index contributed by atoms with van der Waals surface area (Å²) in [5, 5.41) is 17.6. The predicted molar refractivity (Wildman–Crippen MR) is 78.8 cm³/mol. The van der Waals surface area contributed by atoms with Crippen molar-refractivity contribution in [1.82, 2.24) is 4.90 Å². The first kappa shape index (κ1) is 18.2. The summed E-state index contributed by atoms with van der Waals surface area (Å²) in [7, 11) is 0.